The molecule has 1 aromatic carbocycles. The Balaban J connectivity index is 1.30. The molecule has 6 rings (SSSR count). The van der Waals surface area contributed by atoms with Gasteiger partial charge in [-0.05, 0) is 49.7 Å². The number of carbonyl (C=O) groups is 1. The number of nitrogens with zero attached hydrogens (tertiary/aromatic N) is 3. The molecule has 0 radical (unpaired) electrons. The quantitative estimate of drug-likeness (QED) is 0.269. The summed E-state index contributed by atoms with van der Waals surface area (Å²) in [6.07, 6.45) is 4.60. The van der Waals surface area contributed by atoms with Gasteiger partial charge in [0.2, 0.25) is 5.91 Å². The van der Waals surface area contributed by atoms with Crippen molar-refractivity contribution in [2.45, 2.75) is 63.1 Å². The normalized spacial score (nSPS) is 29.2. The maximum atomic E-state index is 12.0. The molecular formula is C31H42ClN5O3. The summed E-state index contributed by atoms with van der Waals surface area (Å²) in [4.78, 5) is 13.9. The molecule has 2 aromatic rings. The molecule has 8 nitrogen and oxygen atoms in total. The monoisotopic (exact) mass is 567 g/mol. The molecule has 2 saturated carbocycles. The van der Waals surface area contributed by atoms with Crippen LogP contribution in [0.25, 0.3) is 11.3 Å². The number of nitrogens with one attached hydrogen (secondary N) is 2. The number of hydrogen-bond acceptors (Lipinski definition) is 6. The van der Waals surface area contributed by atoms with Gasteiger partial charge in [-0.3, -0.25) is 20.3 Å². The summed E-state index contributed by atoms with van der Waals surface area (Å²) in [6, 6.07) is 9.38. The summed E-state index contributed by atoms with van der Waals surface area (Å²) >= 11 is 7.28. The molecule has 40 heavy (non-hydrogen) atoms. The molecule has 0 bridgehead atoms. The Morgan fingerprint density at radius 2 is 2.00 bits per heavy atom. The average Bonchev–Trinajstić information content (AvgIpc) is 3.50. The molecule has 216 valence electrons. The Morgan fingerprint density at radius 1 is 1.25 bits per heavy atom. The third-order valence-corrected chi connectivity index (χ3v) is 10.5. The smallest absolute Gasteiger partial charge is 0.245 e. The number of ether oxygens (including phenoxy) is 2. The maximum Gasteiger partial charge on any atom is 0.245 e. The SMILES string of the molecule is C=CC(=O)N1CC2(CC(n3nc(-c4ccc(COCCOC)cc4)c(C4C(Cl)C(C)CC5NNCC54)c3C)C2)C1. The number of methoxy groups -OCH3 is 1. The second-order valence-electron chi connectivity index (χ2n) is 12.5. The van der Waals surface area contributed by atoms with E-state index in [-0.39, 0.29) is 22.6 Å². The molecule has 2 aliphatic heterocycles. The zero-order valence-corrected chi connectivity index (χ0v) is 24.6. The van der Waals surface area contributed by atoms with Gasteiger partial charge < -0.3 is 14.4 Å². The van der Waals surface area contributed by atoms with Crippen LogP contribution in [0.4, 0.5) is 0 Å². The summed E-state index contributed by atoms with van der Waals surface area (Å²) in [6.45, 7) is 12.4. The lowest BCUT2D eigenvalue weighted by atomic mass is 9.60. The number of likely N-dealkylation sites (tertiary alicyclic amines) is 1. The van der Waals surface area contributed by atoms with Crippen molar-refractivity contribution in [3.8, 4) is 11.3 Å². The highest BCUT2D eigenvalue weighted by Crippen LogP contribution is 2.56. The topological polar surface area (TPSA) is 80.7 Å². The number of halogens is 1. The van der Waals surface area contributed by atoms with E-state index in [9.17, 15) is 4.79 Å². The molecule has 2 N–H and O–H groups in total. The van der Waals surface area contributed by atoms with Crippen LogP contribution in [-0.2, 0) is 20.9 Å². The fraction of sp³-hybridized carbons (Fsp3) is 0.613. The van der Waals surface area contributed by atoms with Crippen molar-refractivity contribution in [3.63, 3.8) is 0 Å². The van der Waals surface area contributed by atoms with Gasteiger partial charge in [0.05, 0.1) is 31.6 Å². The van der Waals surface area contributed by atoms with Crippen molar-refractivity contribution < 1.29 is 14.3 Å². The summed E-state index contributed by atoms with van der Waals surface area (Å²) in [7, 11) is 1.68. The van der Waals surface area contributed by atoms with Crippen molar-refractivity contribution in [2.24, 2.45) is 17.3 Å². The fourth-order valence-electron chi connectivity index (χ4n) is 7.67. The third-order valence-electron chi connectivity index (χ3n) is 9.80. The van der Waals surface area contributed by atoms with E-state index in [1.54, 1.807) is 7.11 Å². The summed E-state index contributed by atoms with van der Waals surface area (Å²) < 4.78 is 13.1. The van der Waals surface area contributed by atoms with Crippen LogP contribution >= 0.6 is 11.6 Å². The van der Waals surface area contributed by atoms with Gasteiger partial charge in [0.25, 0.3) is 0 Å². The highest BCUT2D eigenvalue weighted by atomic mass is 35.5. The van der Waals surface area contributed by atoms with Crippen molar-refractivity contribution in [1.29, 1.82) is 0 Å². The minimum absolute atomic E-state index is 0.0365. The second-order valence-corrected chi connectivity index (χ2v) is 13.0. The van der Waals surface area contributed by atoms with Crippen LogP contribution in [0.1, 0.15) is 55.0 Å². The number of benzene rings is 1. The number of amides is 1. The Morgan fingerprint density at radius 3 is 2.70 bits per heavy atom. The number of fused-ring (bicyclic) bond motifs is 1. The average molecular weight is 568 g/mol. The summed E-state index contributed by atoms with van der Waals surface area (Å²) in [5.74, 6) is 1.06. The molecular weight excluding hydrogens is 526 g/mol. The number of carbonyl (C=O) groups excluding carboxylic acids is 1. The van der Waals surface area contributed by atoms with E-state index in [2.05, 4.69) is 60.2 Å². The zero-order chi connectivity index (χ0) is 28.0. The van der Waals surface area contributed by atoms with Crippen LogP contribution < -0.4 is 10.9 Å². The van der Waals surface area contributed by atoms with E-state index in [4.69, 9.17) is 26.2 Å². The van der Waals surface area contributed by atoms with Crippen molar-refractivity contribution in [3.05, 3.63) is 53.7 Å². The molecule has 1 amide bonds. The third kappa shape index (κ3) is 4.92. The molecule has 4 fully saturated rings. The fourth-order valence-corrected chi connectivity index (χ4v) is 8.09. The van der Waals surface area contributed by atoms with E-state index >= 15 is 0 Å². The number of alkyl halides is 1. The maximum absolute atomic E-state index is 12.0. The van der Waals surface area contributed by atoms with E-state index < -0.39 is 0 Å². The van der Waals surface area contributed by atoms with E-state index in [0.29, 0.717) is 43.7 Å². The molecule has 2 saturated heterocycles. The van der Waals surface area contributed by atoms with Gasteiger partial charge >= 0.3 is 0 Å². The summed E-state index contributed by atoms with van der Waals surface area (Å²) in [5, 5.41) is 5.38. The first-order valence-corrected chi connectivity index (χ1v) is 15.1. The lowest BCUT2D eigenvalue weighted by Crippen LogP contribution is -2.63. The Bertz CT molecular complexity index is 1230. The van der Waals surface area contributed by atoms with Crippen LogP contribution in [0.5, 0.6) is 0 Å². The molecule has 5 atom stereocenters. The predicted molar refractivity (Wildman–Crippen MR) is 156 cm³/mol. The molecule has 4 aliphatic rings. The highest BCUT2D eigenvalue weighted by molar-refractivity contribution is 6.21. The van der Waals surface area contributed by atoms with Gasteiger partial charge in [0.15, 0.2) is 0 Å². The Kier molecular flexibility index (Phi) is 7.83. The van der Waals surface area contributed by atoms with E-state index in [0.717, 1.165) is 55.7 Å². The van der Waals surface area contributed by atoms with Crippen molar-refractivity contribution in [2.75, 3.05) is 40.0 Å². The minimum Gasteiger partial charge on any atom is -0.382 e. The first-order valence-electron chi connectivity index (χ1n) is 14.6. The standard InChI is InChI=1S/C31H42ClN5O3/c1-5-26(38)36-17-31(18-36)13-23(14-31)37-20(3)27(28-24-15-33-34-25(24)12-19(2)29(28)32)30(35-37)22-8-6-21(7-9-22)16-40-11-10-39-4/h5-9,19,23-25,28-29,33-34H,1,10-18H2,2-4H3. The van der Waals surface area contributed by atoms with Crippen LogP contribution in [0.15, 0.2) is 36.9 Å². The van der Waals surface area contributed by atoms with Gasteiger partial charge in [0.1, 0.15) is 0 Å². The Hall–Kier alpha value is -2.23. The summed E-state index contributed by atoms with van der Waals surface area (Å²) in [5.41, 5.74) is 13.0. The lowest BCUT2D eigenvalue weighted by Gasteiger charge is -2.58. The van der Waals surface area contributed by atoms with E-state index in [1.165, 1.54) is 17.3 Å². The van der Waals surface area contributed by atoms with Crippen molar-refractivity contribution in [1.82, 2.24) is 25.5 Å². The minimum atomic E-state index is 0.0365. The number of aromatic nitrogens is 2. The molecule has 1 aromatic heterocycles. The zero-order valence-electron chi connectivity index (χ0n) is 23.9. The van der Waals surface area contributed by atoms with Gasteiger partial charge in [-0.1, -0.05) is 37.8 Å². The molecule has 9 heteroatoms. The van der Waals surface area contributed by atoms with Crippen LogP contribution in [0, 0.1) is 24.2 Å². The van der Waals surface area contributed by atoms with Gasteiger partial charge in [-0.2, -0.15) is 5.10 Å². The molecule has 1 spiro atoms. The predicted octanol–water partition coefficient (Wildman–Crippen LogP) is 4.19. The first kappa shape index (κ1) is 27.9. The van der Waals surface area contributed by atoms with Gasteiger partial charge in [-0.15, -0.1) is 11.6 Å². The molecule has 5 unspecified atom stereocenters. The largest absolute Gasteiger partial charge is 0.382 e. The van der Waals surface area contributed by atoms with Gasteiger partial charge in [0, 0.05) is 66.3 Å². The number of hydrazine groups is 1. The highest BCUT2D eigenvalue weighted by Gasteiger charge is 2.55. The second kappa shape index (κ2) is 11.2. The van der Waals surface area contributed by atoms with Crippen molar-refractivity contribution >= 4 is 17.5 Å². The van der Waals surface area contributed by atoms with Gasteiger partial charge in [-0.25, -0.2) is 0 Å². The van der Waals surface area contributed by atoms with Crippen LogP contribution in [0.2, 0.25) is 0 Å². The van der Waals surface area contributed by atoms with Crippen LogP contribution in [-0.4, -0.2) is 72.0 Å². The number of hydrogen-bond donors (Lipinski definition) is 2. The molecule has 3 heterocycles. The molecule has 2 aliphatic carbocycles. The Labute approximate surface area is 242 Å². The lowest BCUT2D eigenvalue weighted by molar-refractivity contribution is -0.149. The van der Waals surface area contributed by atoms with Crippen LogP contribution in [0.3, 0.4) is 0 Å². The van der Waals surface area contributed by atoms with E-state index in [1.807, 2.05) is 4.90 Å². The first-order chi connectivity index (χ1) is 19.3. The number of rotatable bonds is 9.